The van der Waals surface area contributed by atoms with Gasteiger partial charge in [0, 0.05) is 6.42 Å². The first-order valence-corrected chi connectivity index (χ1v) is 8.38. The number of nitrogens with one attached hydrogen (secondary N) is 2. The van der Waals surface area contributed by atoms with Gasteiger partial charge in [-0.1, -0.05) is 11.6 Å². The van der Waals surface area contributed by atoms with Gasteiger partial charge >= 0.3 is 5.97 Å². The fraction of sp³-hybridized carbons (Fsp3) is 0.867. The Bertz CT molecular complexity index is 484. The number of rotatable bonds is 5. The van der Waals surface area contributed by atoms with E-state index in [-0.39, 0.29) is 24.4 Å². The van der Waals surface area contributed by atoms with Crippen LogP contribution in [0.25, 0.3) is 0 Å². The van der Waals surface area contributed by atoms with Crippen LogP contribution in [0.1, 0.15) is 44.9 Å². The number of carbonyl (C=O) groups is 1. The first kappa shape index (κ1) is 18.1. The highest BCUT2D eigenvalue weighted by atomic mass is 35.5. The van der Waals surface area contributed by atoms with Crippen molar-refractivity contribution >= 4 is 18.4 Å². The Balaban J connectivity index is 0.00000192. The second kappa shape index (κ2) is 8.59. The normalized spacial score (nSPS) is 30.1. The molecule has 3 rings (SSSR count). The predicted molar refractivity (Wildman–Crippen MR) is 87.1 cm³/mol. The molecular weight excluding hydrogens is 318 g/mol. The molecule has 1 aromatic heterocycles. The van der Waals surface area contributed by atoms with E-state index in [9.17, 15) is 4.79 Å². The van der Waals surface area contributed by atoms with E-state index in [4.69, 9.17) is 4.74 Å². The molecule has 1 aliphatic carbocycles. The molecule has 0 unspecified atom stereocenters. The minimum Gasteiger partial charge on any atom is -0.465 e. The summed E-state index contributed by atoms with van der Waals surface area (Å²) in [5, 5.41) is 17.5. The molecule has 0 spiro atoms. The quantitative estimate of drug-likeness (QED) is 0.787. The minimum absolute atomic E-state index is 0. The van der Waals surface area contributed by atoms with Crippen LogP contribution in [0, 0.1) is 17.8 Å². The Morgan fingerprint density at radius 1 is 1.30 bits per heavy atom. The Hall–Kier alpha value is -1.21. The van der Waals surface area contributed by atoms with Gasteiger partial charge in [-0.25, -0.2) is 0 Å². The number of hydrogen-bond acceptors (Lipinski definition) is 6. The van der Waals surface area contributed by atoms with Gasteiger partial charge in [0.25, 0.3) is 0 Å². The number of esters is 1. The van der Waals surface area contributed by atoms with Crippen LogP contribution in [0.2, 0.25) is 0 Å². The number of tetrazole rings is 1. The first-order valence-electron chi connectivity index (χ1n) is 8.38. The van der Waals surface area contributed by atoms with Crippen molar-refractivity contribution in [3.8, 4) is 0 Å². The van der Waals surface area contributed by atoms with Crippen molar-refractivity contribution in [3.63, 3.8) is 0 Å². The SMILES string of the molecule is CCOC(=O)[C@@H]1C[C@H]2C[C@@H](CCc3nn[nH]n3)CC[C@H]2CN1.Cl. The van der Waals surface area contributed by atoms with E-state index in [0.717, 1.165) is 31.6 Å². The lowest BCUT2D eigenvalue weighted by Crippen LogP contribution is -2.50. The minimum atomic E-state index is -0.114. The van der Waals surface area contributed by atoms with Crippen LogP contribution in [0.5, 0.6) is 0 Å². The molecular formula is C15H26ClN5O2. The summed E-state index contributed by atoms with van der Waals surface area (Å²) in [6, 6.07) is -0.114. The van der Waals surface area contributed by atoms with Crippen molar-refractivity contribution < 1.29 is 9.53 Å². The largest absolute Gasteiger partial charge is 0.465 e. The van der Waals surface area contributed by atoms with Crippen LogP contribution in [-0.4, -0.2) is 45.8 Å². The Morgan fingerprint density at radius 2 is 2.17 bits per heavy atom. The van der Waals surface area contributed by atoms with Crippen LogP contribution in [0.4, 0.5) is 0 Å². The van der Waals surface area contributed by atoms with Crippen molar-refractivity contribution in [2.75, 3.05) is 13.2 Å². The highest BCUT2D eigenvalue weighted by molar-refractivity contribution is 5.85. The van der Waals surface area contributed by atoms with E-state index in [2.05, 4.69) is 25.9 Å². The van der Waals surface area contributed by atoms with Crippen LogP contribution in [0.3, 0.4) is 0 Å². The summed E-state index contributed by atoms with van der Waals surface area (Å²) in [7, 11) is 0. The molecule has 23 heavy (non-hydrogen) atoms. The van der Waals surface area contributed by atoms with Gasteiger partial charge in [-0.05, 0) is 56.9 Å². The maximum atomic E-state index is 11.9. The van der Waals surface area contributed by atoms with Gasteiger partial charge in [-0.3, -0.25) is 4.79 Å². The molecule has 1 saturated carbocycles. The van der Waals surface area contributed by atoms with Gasteiger partial charge < -0.3 is 10.1 Å². The van der Waals surface area contributed by atoms with E-state index >= 15 is 0 Å². The average Bonchev–Trinajstić information content (AvgIpc) is 3.06. The van der Waals surface area contributed by atoms with Gasteiger partial charge in [0.2, 0.25) is 0 Å². The monoisotopic (exact) mass is 343 g/mol. The van der Waals surface area contributed by atoms with Crippen molar-refractivity contribution in [2.45, 2.75) is 51.5 Å². The van der Waals surface area contributed by atoms with E-state index in [1.165, 1.54) is 19.3 Å². The molecule has 4 atom stereocenters. The summed E-state index contributed by atoms with van der Waals surface area (Å²) in [5.41, 5.74) is 0. The molecule has 2 N–H and O–H groups in total. The zero-order chi connectivity index (χ0) is 15.4. The summed E-state index contributed by atoms with van der Waals surface area (Å²) in [6.45, 7) is 3.27. The van der Waals surface area contributed by atoms with Crippen LogP contribution in [0.15, 0.2) is 0 Å². The zero-order valence-electron chi connectivity index (χ0n) is 13.5. The molecule has 130 valence electrons. The number of ether oxygens (including phenoxy) is 1. The number of aryl methyl sites for hydroxylation is 1. The summed E-state index contributed by atoms with van der Waals surface area (Å²) < 4.78 is 5.16. The number of piperidine rings is 1. The molecule has 0 amide bonds. The molecule has 2 aliphatic rings. The lowest BCUT2D eigenvalue weighted by Gasteiger charge is -2.42. The lowest BCUT2D eigenvalue weighted by molar-refractivity contribution is -0.147. The van der Waals surface area contributed by atoms with Crippen LogP contribution >= 0.6 is 12.4 Å². The van der Waals surface area contributed by atoms with Gasteiger partial charge in [0.15, 0.2) is 5.82 Å². The number of H-pyrrole nitrogens is 1. The van der Waals surface area contributed by atoms with Crippen molar-refractivity contribution in [2.24, 2.45) is 17.8 Å². The van der Waals surface area contributed by atoms with Crippen molar-refractivity contribution in [1.29, 1.82) is 0 Å². The van der Waals surface area contributed by atoms with E-state index in [1.54, 1.807) is 0 Å². The molecule has 1 saturated heterocycles. The highest BCUT2D eigenvalue weighted by Gasteiger charge is 2.38. The maximum Gasteiger partial charge on any atom is 0.323 e. The lowest BCUT2D eigenvalue weighted by atomic mass is 9.69. The average molecular weight is 344 g/mol. The standard InChI is InChI=1S/C15H25N5O2.ClH/c1-2-22-15(21)13-8-12-7-10(3-5-11(12)9-16-13)4-6-14-17-19-20-18-14;/h10-13,16H,2-9H2,1H3,(H,17,18,19,20);1H/t10-,11+,12-,13+;/m1./s1. The molecule has 2 fully saturated rings. The molecule has 0 aromatic carbocycles. The van der Waals surface area contributed by atoms with E-state index in [0.29, 0.717) is 24.4 Å². The fourth-order valence-electron chi connectivity index (χ4n) is 3.97. The first-order chi connectivity index (χ1) is 10.8. The summed E-state index contributed by atoms with van der Waals surface area (Å²) >= 11 is 0. The summed E-state index contributed by atoms with van der Waals surface area (Å²) in [4.78, 5) is 11.9. The van der Waals surface area contributed by atoms with Gasteiger partial charge in [0.05, 0.1) is 6.61 Å². The number of aromatic nitrogens is 4. The highest BCUT2D eigenvalue weighted by Crippen LogP contribution is 2.40. The smallest absolute Gasteiger partial charge is 0.323 e. The Morgan fingerprint density at radius 3 is 2.91 bits per heavy atom. The molecule has 1 aliphatic heterocycles. The molecule has 2 heterocycles. The molecule has 1 aromatic rings. The van der Waals surface area contributed by atoms with Crippen molar-refractivity contribution in [3.05, 3.63) is 5.82 Å². The zero-order valence-corrected chi connectivity index (χ0v) is 14.3. The van der Waals surface area contributed by atoms with Gasteiger partial charge in [-0.2, -0.15) is 5.21 Å². The third-order valence-electron chi connectivity index (χ3n) is 5.15. The Kier molecular flexibility index (Phi) is 6.77. The van der Waals surface area contributed by atoms with E-state index < -0.39 is 0 Å². The maximum absolute atomic E-state index is 11.9. The second-order valence-corrected chi connectivity index (χ2v) is 6.51. The number of aromatic amines is 1. The molecule has 0 bridgehead atoms. The van der Waals surface area contributed by atoms with Crippen LogP contribution in [-0.2, 0) is 16.0 Å². The molecule has 8 heteroatoms. The van der Waals surface area contributed by atoms with Crippen LogP contribution < -0.4 is 5.32 Å². The Labute approximate surface area is 142 Å². The predicted octanol–water partition coefficient (Wildman–Crippen LogP) is 1.51. The number of hydrogen-bond donors (Lipinski definition) is 2. The topological polar surface area (TPSA) is 92.8 Å². The number of carbonyl (C=O) groups excluding carboxylic acids is 1. The number of nitrogens with zero attached hydrogens (tertiary/aromatic N) is 3. The van der Waals surface area contributed by atoms with Crippen molar-refractivity contribution in [1.82, 2.24) is 25.9 Å². The third-order valence-corrected chi connectivity index (χ3v) is 5.15. The summed E-state index contributed by atoms with van der Waals surface area (Å²) in [5.74, 6) is 2.78. The van der Waals surface area contributed by atoms with Gasteiger partial charge in [-0.15, -0.1) is 22.6 Å². The second-order valence-electron chi connectivity index (χ2n) is 6.51. The van der Waals surface area contributed by atoms with E-state index in [1.807, 2.05) is 6.92 Å². The number of halogens is 1. The van der Waals surface area contributed by atoms with Gasteiger partial charge in [0.1, 0.15) is 6.04 Å². The third kappa shape index (κ3) is 4.64. The molecule has 7 nitrogen and oxygen atoms in total. The number of fused-ring (bicyclic) bond motifs is 1. The summed E-state index contributed by atoms with van der Waals surface area (Å²) in [6.07, 6.45) is 6.65. The fourth-order valence-corrected chi connectivity index (χ4v) is 3.97. The molecule has 0 radical (unpaired) electrons.